The van der Waals surface area contributed by atoms with Crippen molar-refractivity contribution >= 4 is 11.9 Å². The number of carbonyl (C=O) groups is 2. The lowest BCUT2D eigenvalue weighted by atomic mass is 10.1. The van der Waals surface area contributed by atoms with E-state index in [0.717, 1.165) is 23.4 Å². The maximum absolute atomic E-state index is 12.1. The zero-order valence-electron chi connectivity index (χ0n) is 15.9. The molecule has 7 heteroatoms. The summed E-state index contributed by atoms with van der Waals surface area (Å²) in [6.07, 6.45) is 2.14. The Labute approximate surface area is 163 Å². The van der Waals surface area contributed by atoms with Crippen molar-refractivity contribution in [2.75, 3.05) is 13.2 Å². The monoisotopic (exact) mass is 378 g/mol. The highest BCUT2D eigenvalue weighted by atomic mass is 16.5. The quantitative estimate of drug-likeness (QED) is 0.638. The number of benzene rings is 1. The van der Waals surface area contributed by atoms with Crippen molar-refractivity contribution in [3.63, 3.8) is 0 Å². The largest absolute Gasteiger partial charge is 0.452 e. The molecule has 28 heavy (non-hydrogen) atoms. The van der Waals surface area contributed by atoms with Crippen LogP contribution in [0.15, 0.2) is 54.7 Å². The van der Waals surface area contributed by atoms with E-state index in [1.54, 1.807) is 16.8 Å². The molecule has 1 amide bonds. The first-order chi connectivity index (χ1) is 13.5. The van der Waals surface area contributed by atoms with E-state index in [0.29, 0.717) is 12.4 Å². The summed E-state index contributed by atoms with van der Waals surface area (Å²) in [6, 6.07) is 15.1. The summed E-state index contributed by atoms with van der Waals surface area (Å²) in [4.78, 5) is 28.2. The van der Waals surface area contributed by atoms with Crippen molar-refractivity contribution < 1.29 is 14.3 Å². The number of rotatable bonds is 7. The highest BCUT2D eigenvalue weighted by molar-refractivity contribution is 5.91. The first-order valence-corrected chi connectivity index (χ1v) is 9.00. The van der Waals surface area contributed by atoms with E-state index in [-0.39, 0.29) is 18.1 Å². The molecule has 1 N–H and O–H groups in total. The van der Waals surface area contributed by atoms with Crippen LogP contribution in [0, 0.1) is 13.8 Å². The molecule has 1 aromatic carbocycles. The fourth-order valence-corrected chi connectivity index (χ4v) is 2.75. The molecular formula is C21H22N4O3. The highest BCUT2D eigenvalue weighted by Crippen LogP contribution is 2.10. The van der Waals surface area contributed by atoms with E-state index in [2.05, 4.69) is 15.4 Å². The van der Waals surface area contributed by atoms with Crippen molar-refractivity contribution in [2.24, 2.45) is 0 Å². The summed E-state index contributed by atoms with van der Waals surface area (Å²) < 4.78 is 6.75. The molecule has 2 aromatic heterocycles. The topological polar surface area (TPSA) is 86.1 Å². The first-order valence-electron chi connectivity index (χ1n) is 9.00. The summed E-state index contributed by atoms with van der Waals surface area (Å²) in [6.45, 7) is 3.99. The number of nitrogens with zero attached hydrogens (tertiary/aromatic N) is 3. The van der Waals surface area contributed by atoms with Gasteiger partial charge in [-0.3, -0.25) is 4.79 Å². The van der Waals surface area contributed by atoms with Gasteiger partial charge in [0.25, 0.3) is 5.91 Å². The van der Waals surface area contributed by atoms with Gasteiger partial charge in [-0.25, -0.2) is 14.5 Å². The van der Waals surface area contributed by atoms with E-state index in [1.807, 2.05) is 50.2 Å². The lowest BCUT2D eigenvalue weighted by Gasteiger charge is -2.07. The standard InChI is InChI=1S/C21H22N4O3/c1-15-12-16(2)25(24-15)19-9-8-18(13-23-19)21(27)28-14-20(26)22-11-10-17-6-4-3-5-7-17/h3-9,12-13H,10-11,14H2,1-2H3,(H,22,26). The maximum atomic E-state index is 12.1. The zero-order valence-corrected chi connectivity index (χ0v) is 15.9. The number of esters is 1. The van der Waals surface area contributed by atoms with Crippen LogP contribution < -0.4 is 5.32 Å². The molecule has 3 rings (SSSR count). The second-order valence-corrected chi connectivity index (χ2v) is 6.41. The molecule has 0 saturated heterocycles. The molecule has 0 radical (unpaired) electrons. The average molecular weight is 378 g/mol. The summed E-state index contributed by atoms with van der Waals surface area (Å²) in [5, 5.41) is 7.08. The number of ether oxygens (including phenoxy) is 1. The van der Waals surface area contributed by atoms with E-state index < -0.39 is 5.97 Å². The minimum Gasteiger partial charge on any atom is -0.452 e. The molecule has 3 aromatic rings. The van der Waals surface area contributed by atoms with Crippen molar-refractivity contribution in [1.82, 2.24) is 20.1 Å². The summed E-state index contributed by atoms with van der Waals surface area (Å²) in [5.74, 6) is -0.317. The second kappa shape index (κ2) is 8.94. The van der Waals surface area contributed by atoms with E-state index >= 15 is 0 Å². The van der Waals surface area contributed by atoms with Crippen LogP contribution in [0.1, 0.15) is 27.3 Å². The van der Waals surface area contributed by atoms with Gasteiger partial charge < -0.3 is 10.1 Å². The summed E-state index contributed by atoms with van der Waals surface area (Å²) in [5.41, 5.74) is 3.25. The second-order valence-electron chi connectivity index (χ2n) is 6.41. The van der Waals surface area contributed by atoms with Gasteiger partial charge in [0.05, 0.1) is 11.3 Å². The molecule has 2 heterocycles. The third kappa shape index (κ3) is 5.03. The fourth-order valence-electron chi connectivity index (χ4n) is 2.75. The van der Waals surface area contributed by atoms with Crippen LogP contribution in [0.2, 0.25) is 0 Å². The van der Waals surface area contributed by atoms with Crippen LogP contribution in [0.5, 0.6) is 0 Å². The molecule has 0 saturated carbocycles. The normalized spacial score (nSPS) is 10.5. The van der Waals surface area contributed by atoms with Gasteiger partial charge in [-0.15, -0.1) is 0 Å². The molecular weight excluding hydrogens is 356 g/mol. The Hall–Kier alpha value is -3.48. The van der Waals surface area contributed by atoms with Crippen molar-refractivity contribution in [3.8, 4) is 5.82 Å². The maximum Gasteiger partial charge on any atom is 0.340 e. The predicted octanol–water partition coefficient (Wildman–Crippen LogP) is 2.40. The van der Waals surface area contributed by atoms with Gasteiger partial charge in [0.1, 0.15) is 0 Å². The Morgan fingerprint density at radius 1 is 1.11 bits per heavy atom. The summed E-state index contributed by atoms with van der Waals surface area (Å²) >= 11 is 0. The van der Waals surface area contributed by atoms with Gasteiger partial charge in [0.2, 0.25) is 0 Å². The van der Waals surface area contributed by atoms with E-state index in [1.165, 1.54) is 6.20 Å². The van der Waals surface area contributed by atoms with Crippen LogP contribution in [-0.2, 0) is 16.0 Å². The van der Waals surface area contributed by atoms with Gasteiger partial charge in [0.15, 0.2) is 12.4 Å². The Balaban J connectivity index is 1.46. The minimum atomic E-state index is -0.592. The predicted molar refractivity (Wildman–Crippen MR) is 104 cm³/mol. The van der Waals surface area contributed by atoms with Crippen molar-refractivity contribution in [1.29, 1.82) is 0 Å². The third-order valence-electron chi connectivity index (χ3n) is 4.12. The molecule has 7 nitrogen and oxygen atoms in total. The molecule has 0 unspecified atom stereocenters. The molecule has 0 aliphatic heterocycles. The van der Waals surface area contributed by atoms with Gasteiger partial charge in [-0.1, -0.05) is 30.3 Å². The molecule has 0 aliphatic rings. The Kier molecular flexibility index (Phi) is 6.16. The number of aromatic nitrogens is 3. The number of aryl methyl sites for hydroxylation is 2. The number of pyridine rings is 1. The molecule has 0 atom stereocenters. The molecule has 0 bridgehead atoms. The van der Waals surface area contributed by atoms with Gasteiger partial charge in [-0.2, -0.15) is 5.10 Å². The molecule has 0 aliphatic carbocycles. The van der Waals surface area contributed by atoms with Gasteiger partial charge in [-0.05, 0) is 44.0 Å². The Bertz CT molecular complexity index is 950. The Morgan fingerprint density at radius 2 is 1.89 bits per heavy atom. The molecule has 144 valence electrons. The zero-order chi connectivity index (χ0) is 19.9. The SMILES string of the molecule is Cc1cc(C)n(-c2ccc(C(=O)OCC(=O)NCCc3ccccc3)cn2)n1. The average Bonchev–Trinajstić information content (AvgIpc) is 3.05. The number of hydrogen-bond donors (Lipinski definition) is 1. The first kappa shape index (κ1) is 19.3. The van der Waals surface area contributed by atoms with Crippen LogP contribution in [0.25, 0.3) is 5.82 Å². The molecule has 0 fully saturated rings. The number of carbonyl (C=O) groups excluding carboxylic acids is 2. The van der Waals surface area contributed by atoms with Gasteiger partial charge >= 0.3 is 5.97 Å². The lowest BCUT2D eigenvalue weighted by Crippen LogP contribution is -2.30. The van der Waals surface area contributed by atoms with Crippen LogP contribution >= 0.6 is 0 Å². The number of amides is 1. The smallest absolute Gasteiger partial charge is 0.340 e. The van der Waals surface area contributed by atoms with Crippen molar-refractivity contribution in [3.05, 3.63) is 77.2 Å². The number of hydrogen-bond acceptors (Lipinski definition) is 5. The highest BCUT2D eigenvalue weighted by Gasteiger charge is 2.12. The lowest BCUT2D eigenvalue weighted by molar-refractivity contribution is -0.124. The third-order valence-corrected chi connectivity index (χ3v) is 4.12. The fraction of sp³-hybridized carbons (Fsp3) is 0.238. The number of nitrogens with one attached hydrogen (secondary N) is 1. The van der Waals surface area contributed by atoms with Crippen LogP contribution in [0.4, 0.5) is 0 Å². The van der Waals surface area contributed by atoms with Crippen molar-refractivity contribution in [2.45, 2.75) is 20.3 Å². The van der Waals surface area contributed by atoms with E-state index in [9.17, 15) is 9.59 Å². The van der Waals surface area contributed by atoms with E-state index in [4.69, 9.17) is 4.74 Å². The minimum absolute atomic E-state index is 0.280. The summed E-state index contributed by atoms with van der Waals surface area (Å²) in [7, 11) is 0. The molecule has 0 spiro atoms. The van der Waals surface area contributed by atoms with Crippen LogP contribution in [-0.4, -0.2) is 39.8 Å². The van der Waals surface area contributed by atoms with Crippen LogP contribution in [0.3, 0.4) is 0 Å². The Morgan fingerprint density at radius 3 is 2.54 bits per heavy atom. The van der Waals surface area contributed by atoms with Gasteiger partial charge in [0, 0.05) is 18.4 Å².